The predicted octanol–water partition coefficient (Wildman–Crippen LogP) is 3.47. The van der Waals surface area contributed by atoms with Gasteiger partial charge >= 0.3 is 0 Å². The summed E-state index contributed by atoms with van der Waals surface area (Å²) in [4.78, 5) is 13.5. The van der Waals surface area contributed by atoms with E-state index < -0.39 is 0 Å². The molecule has 0 unspecified atom stereocenters. The van der Waals surface area contributed by atoms with Gasteiger partial charge in [0.2, 0.25) is 5.91 Å². The molecule has 1 aliphatic carbocycles. The van der Waals surface area contributed by atoms with Gasteiger partial charge in [-0.15, -0.1) is 0 Å². The molecule has 0 aromatic rings. The number of nitrogens with zero attached hydrogens (tertiary/aromatic N) is 1. The molecule has 0 spiro atoms. The maximum Gasteiger partial charge on any atom is 0.223 e. The Morgan fingerprint density at radius 3 is 2.80 bits per heavy atom. The van der Waals surface area contributed by atoms with Crippen LogP contribution in [-0.2, 0) is 4.79 Å². The molecular weight excluding hydrogens is 254 g/mol. The lowest BCUT2D eigenvalue weighted by molar-refractivity contribution is -0.127. The van der Waals surface area contributed by atoms with Crippen LogP contribution in [0.25, 0.3) is 0 Å². The molecule has 0 bridgehead atoms. The highest BCUT2D eigenvalue weighted by Crippen LogP contribution is 2.21. The minimum absolute atomic E-state index is 0.192. The standard InChI is InChI=1S/C12H20BrNO/c1-11(15)14(10-6-5-9-13)12-7-3-2-4-8-12/h7H,2-6,8-10H2,1H3. The Balaban J connectivity index is 2.49. The van der Waals surface area contributed by atoms with E-state index in [1.54, 1.807) is 6.92 Å². The highest BCUT2D eigenvalue weighted by molar-refractivity contribution is 9.09. The van der Waals surface area contributed by atoms with Crippen molar-refractivity contribution in [1.29, 1.82) is 0 Å². The topological polar surface area (TPSA) is 20.3 Å². The number of alkyl halides is 1. The highest BCUT2D eigenvalue weighted by atomic mass is 79.9. The Morgan fingerprint density at radius 1 is 1.47 bits per heavy atom. The Morgan fingerprint density at radius 2 is 2.27 bits per heavy atom. The first-order valence-corrected chi connectivity index (χ1v) is 6.91. The van der Waals surface area contributed by atoms with Crippen molar-refractivity contribution in [1.82, 2.24) is 4.90 Å². The normalized spacial score (nSPS) is 16.0. The van der Waals surface area contributed by atoms with Gasteiger partial charge in [0.05, 0.1) is 0 Å². The van der Waals surface area contributed by atoms with E-state index >= 15 is 0 Å². The zero-order valence-corrected chi connectivity index (χ0v) is 11.1. The predicted molar refractivity (Wildman–Crippen MR) is 67.0 cm³/mol. The minimum atomic E-state index is 0.192. The number of halogens is 1. The van der Waals surface area contributed by atoms with E-state index in [0.29, 0.717) is 0 Å². The summed E-state index contributed by atoms with van der Waals surface area (Å²) in [6.45, 7) is 2.55. The van der Waals surface area contributed by atoms with Gasteiger partial charge in [-0.05, 0) is 38.5 Å². The lowest BCUT2D eigenvalue weighted by Gasteiger charge is -2.26. The lowest BCUT2D eigenvalue weighted by atomic mass is 10.0. The number of carbonyl (C=O) groups excluding carboxylic acids is 1. The van der Waals surface area contributed by atoms with Crippen molar-refractivity contribution in [2.45, 2.75) is 45.4 Å². The monoisotopic (exact) mass is 273 g/mol. The molecule has 15 heavy (non-hydrogen) atoms. The average molecular weight is 274 g/mol. The number of carbonyl (C=O) groups is 1. The van der Waals surface area contributed by atoms with Crippen LogP contribution in [-0.4, -0.2) is 22.7 Å². The summed E-state index contributed by atoms with van der Waals surface area (Å²) < 4.78 is 0. The number of unbranched alkanes of at least 4 members (excludes halogenated alkanes) is 1. The number of hydrogen-bond donors (Lipinski definition) is 0. The third kappa shape index (κ3) is 4.37. The molecule has 0 saturated heterocycles. The van der Waals surface area contributed by atoms with Crippen molar-refractivity contribution in [2.75, 3.05) is 11.9 Å². The van der Waals surface area contributed by atoms with Gasteiger partial charge in [0, 0.05) is 24.5 Å². The van der Waals surface area contributed by atoms with Gasteiger partial charge in [-0.1, -0.05) is 22.0 Å². The maximum atomic E-state index is 11.5. The van der Waals surface area contributed by atoms with E-state index in [0.717, 1.165) is 37.6 Å². The molecule has 3 heteroatoms. The van der Waals surface area contributed by atoms with Gasteiger partial charge in [0.1, 0.15) is 0 Å². The summed E-state index contributed by atoms with van der Waals surface area (Å²) in [5.41, 5.74) is 1.25. The average Bonchev–Trinajstić information content (AvgIpc) is 2.25. The van der Waals surface area contributed by atoms with Crippen LogP contribution in [0.2, 0.25) is 0 Å². The fourth-order valence-corrected chi connectivity index (χ4v) is 2.33. The molecule has 0 radical (unpaired) electrons. The molecule has 0 N–H and O–H groups in total. The SMILES string of the molecule is CC(=O)N(CCCCBr)C1=CCCCC1. The zero-order valence-electron chi connectivity index (χ0n) is 9.47. The van der Waals surface area contributed by atoms with Crippen LogP contribution in [0.3, 0.4) is 0 Å². The number of allylic oxidation sites excluding steroid dienone is 2. The third-order valence-corrected chi connectivity index (χ3v) is 3.32. The first-order chi connectivity index (χ1) is 7.25. The van der Waals surface area contributed by atoms with Gasteiger partial charge in [-0.25, -0.2) is 0 Å². The van der Waals surface area contributed by atoms with Gasteiger partial charge in [-0.3, -0.25) is 4.79 Å². The molecule has 1 amide bonds. The molecule has 0 aliphatic heterocycles. The summed E-state index contributed by atoms with van der Waals surface area (Å²) in [7, 11) is 0. The molecule has 2 nitrogen and oxygen atoms in total. The van der Waals surface area contributed by atoms with Crippen molar-refractivity contribution in [3.8, 4) is 0 Å². The van der Waals surface area contributed by atoms with E-state index in [9.17, 15) is 4.79 Å². The Labute approximate surface area is 101 Å². The van der Waals surface area contributed by atoms with Crippen molar-refractivity contribution in [3.63, 3.8) is 0 Å². The second-order valence-electron chi connectivity index (χ2n) is 4.01. The fraction of sp³-hybridized carbons (Fsp3) is 0.750. The van der Waals surface area contributed by atoms with E-state index in [-0.39, 0.29) is 5.91 Å². The van der Waals surface area contributed by atoms with Crippen molar-refractivity contribution < 1.29 is 4.79 Å². The molecule has 1 rings (SSSR count). The third-order valence-electron chi connectivity index (χ3n) is 2.76. The number of hydrogen-bond acceptors (Lipinski definition) is 1. The van der Waals surface area contributed by atoms with Crippen molar-refractivity contribution >= 4 is 21.8 Å². The van der Waals surface area contributed by atoms with E-state index in [1.807, 2.05) is 4.90 Å². The molecule has 0 aromatic heterocycles. The smallest absolute Gasteiger partial charge is 0.223 e. The summed E-state index contributed by atoms with van der Waals surface area (Å²) in [5, 5.41) is 1.03. The molecule has 0 heterocycles. The van der Waals surface area contributed by atoms with Crippen LogP contribution in [0.15, 0.2) is 11.8 Å². The second-order valence-corrected chi connectivity index (χ2v) is 4.80. The first-order valence-electron chi connectivity index (χ1n) is 5.79. The van der Waals surface area contributed by atoms with E-state index in [4.69, 9.17) is 0 Å². The van der Waals surface area contributed by atoms with Crippen LogP contribution in [0.5, 0.6) is 0 Å². The van der Waals surface area contributed by atoms with Gasteiger partial charge in [0.25, 0.3) is 0 Å². The zero-order chi connectivity index (χ0) is 11.1. The van der Waals surface area contributed by atoms with E-state index in [1.165, 1.54) is 18.5 Å². The second kappa shape index (κ2) is 7.04. The quantitative estimate of drug-likeness (QED) is 0.555. The molecular formula is C12H20BrNO. The summed E-state index contributed by atoms with van der Waals surface area (Å²) in [6.07, 6.45) is 9.18. The van der Waals surface area contributed by atoms with Crippen LogP contribution in [0.4, 0.5) is 0 Å². The minimum Gasteiger partial charge on any atom is -0.317 e. The van der Waals surface area contributed by atoms with Crippen LogP contribution in [0.1, 0.15) is 45.4 Å². The molecule has 0 fully saturated rings. The van der Waals surface area contributed by atoms with Crippen LogP contribution >= 0.6 is 15.9 Å². The van der Waals surface area contributed by atoms with Crippen LogP contribution in [0, 0.1) is 0 Å². The molecule has 0 aromatic carbocycles. The Bertz CT molecular complexity index is 238. The highest BCUT2D eigenvalue weighted by Gasteiger charge is 2.15. The molecule has 0 atom stereocenters. The lowest BCUT2D eigenvalue weighted by Crippen LogP contribution is -2.29. The molecule has 86 valence electrons. The summed E-state index contributed by atoms with van der Waals surface area (Å²) in [5.74, 6) is 0.192. The fourth-order valence-electron chi connectivity index (χ4n) is 1.93. The molecule has 1 aliphatic rings. The number of rotatable bonds is 5. The van der Waals surface area contributed by atoms with Gasteiger partial charge in [0.15, 0.2) is 0 Å². The summed E-state index contributed by atoms with van der Waals surface area (Å²) in [6, 6.07) is 0. The maximum absolute atomic E-state index is 11.5. The largest absolute Gasteiger partial charge is 0.317 e. The van der Waals surface area contributed by atoms with Crippen molar-refractivity contribution in [2.24, 2.45) is 0 Å². The number of amides is 1. The van der Waals surface area contributed by atoms with Gasteiger partial charge < -0.3 is 4.90 Å². The van der Waals surface area contributed by atoms with Crippen molar-refractivity contribution in [3.05, 3.63) is 11.8 Å². The first kappa shape index (κ1) is 12.8. The Hall–Kier alpha value is -0.310. The molecule has 0 saturated carbocycles. The van der Waals surface area contributed by atoms with E-state index in [2.05, 4.69) is 22.0 Å². The summed E-state index contributed by atoms with van der Waals surface area (Å²) >= 11 is 3.41. The Kier molecular flexibility index (Phi) is 5.99. The van der Waals surface area contributed by atoms with Crippen LogP contribution < -0.4 is 0 Å². The van der Waals surface area contributed by atoms with Gasteiger partial charge in [-0.2, -0.15) is 0 Å².